The van der Waals surface area contributed by atoms with Crippen LogP contribution in [0.2, 0.25) is 0 Å². The highest BCUT2D eigenvalue weighted by atomic mass is 32.2. The molecule has 0 radical (unpaired) electrons. The smallest absolute Gasteiger partial charge is 0.315 e. The third-order valence-electron chi connectivity index (χ3n) is 2.06. The predicted molar refractivity (Wildman–Crippen MR) is 66.0 cm³/mol. The van der Waals surface area contributed by atoms with E-state index < -0.39 is 0 Å². The Morgan fingerprint density at radius 1 is 1.59 bits per heavy atom. The van der Waals surface area contributed by atoms with Gasteiger partial charge in [-0.05, 0) is 0 Å². The van der Waals surface area contributed by atoms with Gasteiger partial charge in [-0.3, -0.25) is 9.78 Å². The van der Waals surface area contributed by atoms with Crippen LogP contribution in [0.5, 0.6) is 0 Å². The molecule has 0 saturated carbocycles. The van der Waals surface area contributed by atoms with Crippen LogP contribution in [0.15, 0.2) is 17.3 Å². The zero-order chi connectivity index (χ0) is 12.8. The average Bonchev–Trinajstić information content (AvgIpc) is 2.34. The molecular formula is C11H13N3O2S. The third kappa shape index (κ3) is 3.36. The van der Waals surface area contributed by atoms with E-state index in [0.29, 0.717) is 10.5 Å². The summed E-state index contributed by atoms with van der Waals surface area (Å²) in [7, 11) is 5.02. The van der Waals surface area contributed by atoms with Gasteiger partial charge >= 0.3 is 5.97 Å². The van der Waals surface area contributed by atoms with Gasteiger partial charge in [0, 0.05) is 25.2 Å². The molecule has 0 fully saturated rings. The zero-order valence-corrected chi connectivity index (χ0v) is 10.7. The summed E-state index contributed by atoms with van der Waals surface area (Å²) in [6.07, 6.45) is 3.21. The average molecular weight is 251 g/mol. The number of rotatable bonds is 4. The van der Waals surface area contributed by atoms with Crippen molar-refractivity contribution in [1.29, 1.82) is 5.26 Å². The van der Waals surface area contributed by atoms with E-state index in [4.69, 9.17) is 5.26 Å². The number of pyridine rings is 1. The summed E-state index contributed by atoms with van der Waals surface area (Å²) in [5, 5.41) is 9.14. The number of aromatic nitrogens is 1. The van der Waals surface area contributed by atoms with Crippen LogP contribution in [0.3, 0.4) is 0 Å². The maximum Gasteiger partial charge on any atom is 0.315 e. The molecule has 0 bridgehead atoms. The second-order valence-electron chi connectivity index (χ2n) is 3.40. The number of esters is 1. The first-order valence-electron chi connectivity index (χ1n) is 4.85. The van der Waals surface area contributed by atoms with Crippen LogP contribution >= 0.6 is 11.8 Å². The second-order valence-corrected chi connectivity index (χ2v) is 4.42. The number of hydrogen-bond acceptors (Lipinski definition) is 6. The maximum atomic E-state index is 11.0. The van der Waals surface area contributed by atoms with Crippen molar-refractivity contribution in [2.75, 3.05) is 31.9 Å². The summed E-state index contributed by atoms with van der Waals surface area (Å²) in [6, 6.07) is 2.13. The molecule has 0 aliphatic heterocycles. The molecule has 0 atom stereocenters. The van der Waals surface area contributed by atoms with Gasteiger partial charge in [0.25, 0.3) is 0 Å². The fourth-order valence-electron chi connectivity index (χ4n) is 1.19. The monoisotopic (exact) mass is 251 g/mol. The Morgan fingerprint density at radius 3 is 2.82 bits per heavy atom. The summed E-state index contributed by atoms with van der Waals surface area (Å²) in [5.41, 5.74) is 1.27. The van der Waals surface area contributed by atoms with Crippen LogP contribution in [-0.2, 0) is 9.53 Å². The van der Waals surface area contributed by atoms with E-state index >= 15 is 0 Å². The molecule has 1 heterocycles. The Balaban J connectivity index is 2.96. The normalized spacial score (nSPS) is 9.53. The SMILES string of the molecule is COC(=O)CSc1cncc(N(C)C)c1C#N. The van der Waals surface area contributed by atoms with Crippen molar-refractivity contribution in [3.8, 4) is 6.07 Å². The number of carbonyl (C=O) groups excluding carboxylic acids is 1. The summed E-state index contributed by atoms with van der Waals surface area (Å²) in [4.78, 5) is 17.6. The summed E-state index contributed by atoms with van der Waals surface area (Å²) in [6.45, 7) is 0. The standard InChI is InChI=1S/C11H13N3O2S/c1-14(2)9-5-13-6-10(8(9)4-12)17-7-11(15)16-3/h5-6H,7H2,1-3H3. The Hall–Kier alpha value is -1.74. The number of methoxy groups -OCH3 is 1. The summed E-state index contributed by atoms with van der Waals surface area (Å²) in [5.74, 6) is -0.154. The lowest BCUT2D eigenvalue weighted by atomic mass is 10.2. The maximum absolute atomic E-state index is 11.0. The van der Waals surface area contributed by atoms with Crippen LogP contribution in [-0.4, -0.2) is 37.9 Å². The van der Waals surface area contributed by atoms with Crippen molar-refractivity contribution in [3.05, 3.63) is 18.0 Å². The molecule has 6 heteroatoms. The molecule has 0 spiro atoms. The number of hydrogen-bond donors (Lipinski definition) is 0. The third-order valence-corrected chi connectivity index (χ3v) is 3.06. The number of carbonyl (C=O) groups is 1. The van der Waals surface area contributed by atoms with E-state index in [9.17, 15) is 4.79 Å². The van der Waals surface area contributed by atoms with Crippen molar-refractivity contribution in [2.24, 2.45) is 0 Å². The van der Waals surface area contributed by atoms with E-state index in [1.165, 1.54) is 18.9 Å². The highest BCUT2D eigenvalue weighted by molar-refractivity contribution is 8.00. The number of thioether (sulfide) groups is 1. The van der Waals surface area contributed by atoms with Gasteiger partial charge in [0.05, 0.1) is 30.3 Å². The fraction of sp³-hybridized carbons (Fsp3) is 0.364. The van der Waals surface area contributed by atoms with Gasteiger partial charge in [-0.1, -0.05) is 0 Å². The first-order chi connectivity index (χ1) is 8.10. The van der Waals surface area contributed by atoms with E-state index in [2.05, 4.69) is 15.8 Å². The van der Waals surface area contributed by atoms with E-state index in [0.717, 1.165) is 5.69 Å². The topological polar surface area (TPSA) is 66.2 Å². The quantitative estimate of drug-likeness (QED) is 0.593. The molecule has 0 N–H and O–H groups in total. The van der Waals surface area contributed by atoms with E-state index in [-0.39, 0.29) is 11.7 Å². The first kappa shape index (κ1) is 13.3. The molecule has 5 nitrogen and oxygen atoms in total. The lowest BCUT2D eigenvalue weighted by Gasteiger charge is -2.15. The van der Waals surface area contributed by atoms with Crippen LogP contribution in [0.4, 0.5) is 5.69 Å². The largest absolute Gasteiger partial charge is 0.468 e. The molecule has 1 aromatic heterocycles. The number of ether oxygens (including phenoxy) is 1. The van der Waals surface area contributed by atoms with Gasteiger partial charge in [-0.25, -0.2) is 0 Å². The predicted octanol–water partition coefficient (Wildman–Crippen LogP) is 1.28. The van der Waals surface area contributed by atoms with Crippen molar-refractivity contribution in [1.82, 2.24) is 4.98 Å². The van der Waals surface area contributed by atoms with E-state index in [1.807, 2.05) is 19.0 Å². The minimum absolute atomic E-state index is 0.170. The van der Waals surface area contributed by atoms with Gasteiger partial charge in [-0.2, -0.15) is 5.26 Å². The fourth-order valence-corrected chi connectivity index (χ4v) is 2.01. The molecule has 0 aliphatic carbocycles. The van der Waals surface area contributed by atoms with E-state index in [1.54, 1.807) is 12.4 Å². The van der Waals surface area contributed by atoms with Crippen LogP contribution < -0.4 is 4.90 Å². The second kappa shape index (κ2) is 6.11. The highest BCUT2D eigenvalue weighted by Gasteiger charge is 2.12. The van der Waals surface area contributed by atoms with Crippen LogP contribution in [0, 0.1) is 11.3 Å². The van der Waals surface area contributed by atoms with Gasteiger partial charge in [0.1, 0.15) is 6.07 Å². The van der Waals surface area contributed by atoms with Gasteiger partial charge in [0.15, 0.2) is 0 Å². The molecule has 90 valence electrons. The molecule has 17 heavy (non-hydrogen) atoms. The number of nitriles is 1. The first-order valence-corrected chi connectivity index (χ1v) is 5.83. The minimum atomic E-state index is -0.325. The molecule has 1 rings (SSSR count). The number of anilines is 1. The van der Waals surface area contributed by atoms with Crippen molar-refractivity contribution >= 4 is 23.4 Å². The highest BCUT2D eigenvalue weighted by Crippen LogP contribution is 2.28. The Kier molecular flexibility index (Phi) is 4.79. The Morgan fingerprint density at radius 2 is 2.29 bits per heavy atom. The van der Waals surface area contributed by atoms with Gasteiger partial charge in [0.2, 0.25) is 0 Å². The van der Waals surface area contributed by atoms with Gasteiger partial charge in [-0.15, -0.1) is 11.8 Å². The van der Waals surface area contributed by atoms with Crippen molar-refractivity contribution in [2.45, 2.75) is 4.90 Å². The molecular weight excluding hydrogens is 238 g/mol. The molecule has 1 aromatic rings. The lowest BCUT2D eigenvalue weighted by molar-refractivity contribution is -0.137. The van der Waals surface area contributed by atoms with Crippen LogP contribution in [0.25, 0.3) is 0 Å². The van der Waals surface area contributed by atoms with Crippen molar-refractivity contribution in [3.63, 3.8) is 0 Å². The summed E-state index contributed by atoms with van der Waals surface area (Å²) >= 11 is 1.25. The molecule has 0 aromatic carbocycles. The molecule has 0 amide bonds. The Bertz CT molecular complexity index is 455. The zero-order valence-electron chi connectivity index (χ0n) is 9.93. The van der Waals surface area contributed by atoms with Gasteiger partial charge < -0.3 is 9.64 Å². The molecule has 0 saturated heterocycles. The number of nitrogens with zero attached hydrogens (tertiary/aromatic N) is 3. The van der Waals surface area contributed by atoms with Crippen molar-refractivity contribution < 1.29 is 9.53 Å². The minimum Gasteiger partial charge on any atom is -0.468 e. The summed E-state index contributed by atoms with van der Waals surface area (Å²) < 4.78 is 4.55. The lowest BCUT2D eigenvalue weighted by Crippen LogP contribution is -2.11. The molecule has 0 unspecified atom stereocenters. The van der Waals surface area contributed by atoms with Crippen LogP contribution in [0.1, 0.15) is 5.56 Å². The molecule has 0 aliphatic rings. The Labute approximate surface area is 104 Å².